The molecule has 6 heteroatoms. The lowest BCUT2D eigenvalue weighted by molar-refractivity contribution is -0.135. The van der Waals surface area contributed by atoms with Crippen molar-refractivity contribution in [3.8, 4) is 0 Å². The maximum absolute atomic E-state index is 12.1. The van der Waals surface area contributed by atoms with Crippen LogP contribution in [0, 0.1) is 18.8 Å². The Morgan fingerprint density at radius 1 is 1.23 bits per heavy atom. The molecule has 0 atom stereocenters. The summed E-state index contributed by atoms with van der Waals surface area (Å²) in [6.45, 7) is 7.60. The third-order valence-electron chi connectivity index (χ3n) is 4.79. The van der Waals surface area contributed by atoms with E-state index in [0.717, 1.165) is 55.4 Å². The molecular formula is C20H27N5O. The number of rotatable bonds is 5. The molecule has 2 aromatic rings. The highest BCUT2D eigenvalue weighted by atomic mass is 16.2. The second-order valence-corrected chi connectivity index (χ2v) is 7.31. The van der Waals surface area contributed by atoms with E-state index >= 15 is 0 Å². The van der Waals surface area contributed by atoms with Gasteiger partial charge in [-0.05, 0) is 44.2 Å². The van der Waals surface area contributed by atoms with Crippen LogP contribution in [0.2, 0.25) is 0 Å². The van der Waals surface area contributed by atoms with Crippen LogP contribution in [0.5, 0.6) is 0 Å². The van der Waals surface area contributed by atoms with Crippen molar-refractivity contribution in [3.63, 3.8) is 0 Å². The van der Waals surface area contributed by atoms with Crippen molar-refractivity contribution in [2.75, 3.05) is 18.4 Å². The Bertz CT molecular complexity index is 753. The molecule has 6 nitrogen and oxygen atoms in total. The summed E-state index contributed by atoms with van der Waals surface area (Å²) in [6.07, 6.45) is 4.59. The molecule has 1 amide bonds. The number of aryl methyl sites for hydroxylation is 1. The van der Waals surface area contributed by atoms with Crippen LogP contribution < -0.4 is 5.32 Å². The van der Waals surface area contributed by atoms with E-state index in [4.69, 9.17) is 0 Å². The molecule has 3 rings (SSSR count). The van der Waals surface area contributed by atoms with Crippen LogP contribution >= 0.6 is 0 Å². The third-order valence-corrected chi connectivity index (χ3v) is 4.79. The number of hydrogen-bond donors (Lipinski definition) is 1. The van der Waals surface area contributed by atoms with Crippen LogP contribution in [0.1, 0.15) is 38.1 Å². The minimum absolute atomic E-state index is 0.0808. The Balaban J connectivity index is 1.57. The van der Waals surface area contributed by atoms with Crippen molar-refractivity contribution in [2.24, 2.45) is 11.8 Å². The largest absolute Gasteiger partial charge is 0.342 e. The number of nitrogens with one attached hydrogen (secondary N) is 1. The van der Waals surface area contributed by atoms with Crippen LogP contribution in [0.25, 0.3) is 0 Å². The Morgan fingerprint density at radius 3 is 2.69 bits per heavy atom. The molecule has 2 aromatic heterocycles. The van der Waals surface area contributed by atoms with Gasteiger partial charge in [-0.2, -0.15) is 0 Å². The third kappa shape index (κ3) is 4.77. The van der Waals surface area contributed by atoms with Gasteiger partial charge in [0.2, 0.25) is 5.91 Å². The lowest BCUT2D eigenvalue weighted by Crippen LogP contribution is -2.41. The van der Waals surface area contributed by atoms with Gasteiger partial charge in [-0.15, -0.1) is 0 Å². The summed E-state index contributed by atoms with van der Waals surface area (Å²) in [5.41, 5.74) is 2.00. The van der Waals surface area contributed by atoms with Gasteiger partial charge < -0.3 is 10.2 Å². The highest BCUT2D eigenvalue weighted by Gasteiger charge is 2.24. The summed E-state index contributed by atoms with van der Waals surface area (Å²) in [6, 6.07) is 7.86. The average Bonchev–Trinajstić information content (AvgIpc) is 2.62. The molecule has 138 valence electrons. The topological polar surface area (TPSA) is 71.0 Å². The molecule has 1 aliphatic heterocycles. The molecule has 1 fully saturated rings. The Morgan fingerprint density at radius 2 is 2.00 bits per heavy atom. The van der Waals surface area contributed by atoms with E-state index in [2.05, 4.69) is 20.3 Å². The SMILES string of the molecule is Cc1cccc(Nc2cc(CC3CCN(C(=O)C(C)C)CC3)ncn2)n1. The van der Waals surface area contributed by atoms with Crippen molar-refractivity contribution < 1.29 is 4.79 Å². The van der Waals surface area contributed by atoms with Crippen molar-refractivity contribution in [2.45, 2.75) is 40.0 Å². The van der Waals surface area contributed by atoms with E-state index in [9.17, 15) is 4.79 Å². The van der Waals surface area contributed by atoms with Gasteiger partial charge in [0.1, 0.15) is 18.0 Å². The Hall–Kier alpha value is -2.50. The summed E-state index contributed by atoms with van der Waals surface area (Å²) >= 11 is 0. The number of nitrogens with zero attached hydrogens (tertiary/aromatic N) is 4. The van der Waals surface area contributed by atoms with E-state index < -0.39 is 0 Å². The van der Waals surface area contributed by atoms with E-state index in [1.165, 1.54) is 0 Å². The number of carbonyl (C=O) groups is 1. The van der Waals surface area contributed by atoms with Gasteiger partial charge in [-0.3, -0.25) is 4.79 Å². The van der Waals surface area contributed by atoms with Crippen molar-refractivity contribution in [1.29, 1.82) is 0 Å². The van der Waals surface area contributed by atoms with E-state index in [0.29, 0.717) is 5.92 Å². The number of hydrogen-bond acceptors (Lipinski definition) is 5. The standard InChI is InChI=1S/C20H27N5O/c1-14(2)20(26)25-9-7-16(8-10-25)11-17-12-19(22-13-21-17)24-18-6-4-5-15(3)23-18/h4-6,12-14,16H,7-11H2,1-3H3,(H,21,22,23,24). The first kappa shape index (κ1) is 18.3. The number of anilines is 2. The maximum Gasteiger partial charge on any atom is 0.225 e. The molecule has 26 heavy (non-hydrogen) atoms. The van der Waals surface area contributed by atoms with Gasteiger partial charge in [0, 0.05) is 36.5 Å². The summed E-state index contributed by atoms with van der Waals surface area (Å²) in [4.78, 5) is 27.3. The van der Waals surface area contributed by atoms with E-state index in [1.807, 2.05) is 49.9 Å². The number of amides is 1. The first-order valence-electron chi connectivity index (χ1n) is 9.31. The molecule has 1 N–H and O–H groups in total. The second-order valence-electron chi connectivity index (χ2n) is 7.31. The first-order valence-corrected chi connectivity index (χ1v) is 9.31. The highest BCUT2D eigenvalue weighted by molar-refractivity contribution is 5.78. The minimum atomic E-state index is 0.0808. The molecular weight excluding hydrogens is 326 g/mol. The molecule has 0 spiro atoms. The Kier molecular flexibility index (Phi) is 5.81. The molecule has 1 aliphatic rings. The van der Waals surface area contributed by atoms with Gasteiger partial charge >= 0.3 is 0 Å². The van der Waals surface area contributed by atoms with Crippen LogP contribution in [0.3, 0.4) is 0 Å². The molecule has 0 saturated carbocycles. The predicted molar refractivity (Wildman–Crippen MR) is 102 cm³/mol. The second kappa shape index (κ2) is 8.25. The van der Waals surface area contributed by atoms with Crippen molar-refractivity contribution in [3.05, 3.63) is 42.0 Å². The fraction of sp³-hybridized carbons (Fsp3) is 0.500. The van der Waals surface area contributed by atoms with Crippen LogP contribution in [0.15, 0.2) is 30.6 Å². The van der Waals surface area contributed by atoms with Crippen LogP contribution in [-0.2, 0) is 11.2 Å². The normalized spacial score (nSPS) is 15.3. The lowest BCUT2D eigenvalue weighted by Gasteiger charge is -2.33. The quantitative estimate of drug-likeness (QED) is 0.892. The Labute approximate surface area is 155 Å². The average molecular weight is 353 g/mol. The summed E-state index contributed by atoms with van der Waals surface area (Å²) in [5.74, 6) is 2.46. The zero-order valence-electron chi connectivity index (χ0n) is 15.8. The van der Waals surface area contributed by atoms with Gasteiger partial charge in [0.15, 0.2) is 0 Å². The number of aromatic nitrogens is 3. The molecule has 0 aliphatic carbocycles. The minimum Gasteiger partial charge on any atom is -0.342 e. The molecule has 0 aromatic carbocycles. The monoisotopic (exact) mass is 353 g/mol. The molecule has 3 heterocycles. The van der Waals surface area contributed by atoms with Gasteiger partial charge in [-0.1, -0.05) is 19.9 Å². The van der Waals surface area contributed by atoms with Crippen LogP contribution in [-0.4, -0.2) is 38.8 Å². The van der Waals surface area contributed by atoms with Crippen molar-refractivity contribution in [1.82, 2.24) is 19.9 Å². The number of pyridine rings is 1. The lowest BCUT2D eigenvalue weighted by atomic mass is 9.91. The van der Waals surface area contributed by atoms with Gasteiger partial charge in [0.05, 0.1) is 0 Å². The van der Waals surface area contributed by atoms with Crippen LogP contribution in [0.4, 0.5) is 11.6 Å². The number of carbonyl (C=O) groups excluding carboxylic acids is 1. The van der Waals surface area contributed by atoms with E-state index in [-0.39, 0.29) is 11.8 Å². The van der Waals surface area contributed by atoms with Crippen molar-refractivity contribution >= 4 is 17.5 Å². The highest BCUT2D eigenvalue weighted by Crippen LogP contribution is 2.23. The first-order chi connectivity index (χ1) is 12.5. The summed E-state index contributed by atoms with van der Waals surface area (Å²) in [7, 11) is 0. The molecule has 1 saturated heterocycles. The smallest absolute Gasteiger partial charge is 0.225 e. The molecule has 0 bridgehead atoms. The molecule has 0 radical (unpaired) electrons. The fourth-order valence-electron chi connectivity index (χ4n) is 3.34. The van der Waals surface area contributed by atoms with Gasteiger partial charge in [0.25, 0.3) is 0 Å². The predicted octanol–water partition coefficient (Wildman–Crippen LogP) is 3.36. The molecule has 0 unspecified atom stereocenters. The van der Waals surface area contributed by atoms with Gasteiger partial charge in [-0.25, -0.2) is 15.0 Å². The summed E-state index contributed by atoms with van der Waals surface area (Å²) in [5, 5.41) is 3.24. The van der Waals surface area contributed by atoms with E-state index in [1.54, 1.807) is 6.33 Å². The zero-order chi connectivity index (χ0) is 18.5. The number of piperidine rings is 1. The summed E-state index contributed by atoms with van der Waals surface area (Å²) < 4.78 is 0. The number of likely N-dealkylation sites (tertiary alicyclic amines) is 1. The zero-order valence-corrected chi connectivity index (χ0v) is 15.8. The maximum atomic E-state index is 12.1. The fourth-order valence-corrected chi connectivity index (χ4v) is 3.34.